The Morgan fingerprint density at radius 1 is 1.32 bits per heavy atom. The van der Waals surface area contributed by atoms with Gasteiger partial charge in [-0.05, 0) is 25.3 Å². The number of likely N-dealkylation sites (tertiary alicyclic amines) is 1. The average Bonchev–Trinajstić information content (AvgIpc) is 2.82. The fraction of sp³-hybridized carbons (Fsp3) is 0.846. The number of carboxylic acids is 1. The Labute approximate surface area is 113 Å². The molecule has 0 aromatic rings. The van der Waals surface area contributed by atoms with Gasteiger partial charge >= 0.3 is 5.97 Å². The van der Waals surface area contributed by atoms with Gasteiger partial charge in [-0.1, -0.05) is 6.92 Å². The van der Waals surface area contributed by atoms with E-state index in [2.05, 4.69) is 12.2 Å². The van der Waals surface area contributed by atoms with Crippen LogP contribution in [0.4, 0.5) is 0 Å². The summed E-state index contributed by atoms with van der Waals surface area (Å²) >= 11 is 0. The average molecular weight is 270 g/mol. The molecule has 19 heavy (non-hydrogen) atoms. The zero-order valence-corrected chi connectivity index (χ0v) is 11.3. The molecule has 0 aromatic carbocycles. The number of ether oxygens (including phenoxy) is 1. The molecule has 0 spiro atoms. The second-order valence-electron chi connectivity index (χ2n) is 5.47. The van der Waals surface area contributed by atoms with Crippen LogP contribution in [-0.4, -0.2) is 60.8 Å². The smallest absolute Gasteiger partial charge is 0.329 e. The number of piperidine rings is 1. The predicted octanol–water partition coefficient (Wildman–Crippen LogP) is -0.0659. The molecule has 0 aromatic heterocycles. The molecular formula is C13H22N2O4. The third-order valence-corrected chi connectivity index (χ3v) is 4.03. The normalized spacial score (nSPS) is 28.6. The Morgan fingerprint density at radius 2 is 2.00 bits per heavy atom. The van der Waals surface area contributed by atoms with E-state index in [-0.39, 0.29) is 24.5 Å². The molecule has 2 rings (SSSR count). The minimum absolute atomic E-state index is 0.0284. The van der Waals surface area contributed by atoms with Crippen molar-refractivity contribution in [1.82, 2.24) is 10.2 Å². The van der Waals surface area contributed by atoms with Gasteiger partial charge in [0.25, 0.3) is 0 Å². The van der Waals surface area contributed by atoms with Crippen molar-refractivity contribution in [3.63, 3.8) is 0 Å². The summed E-state index contributed by atoms with van der Waals surface area (Å²) in [6, 6.07) is 0. The van der Waals surface area contributed by atoms with Crippen molar-refractivity contribution in [3.05, 3.63) is 0 Å². The lowest BCUT2D eigenvalue weighted by Crippen LogP contribution is -2.45. The van der Waals surface area contributed by atoms with Crippen molar-refractivity contribution in [3.8, 4) is 0 Å². The Morgan fingerprint density at radius 3 is 2.53 bits per heavy atom. The quantitative estimate of drug-likeness (QED) is 0.748. The summed E-state index contributed by atoms with van der Waals surface area (Å²) in [4.78, 5) is 24.7. The van der Waals surface area contributed by atoms with Crippen molar-refractivity contribution in [2.45, 2.75) is 25.9 Å². The highest BCUT2D eigenvalue weighted by atomic mass is 16.5. The maximum absolute atomic E-state index is 12.3. The van der Waals surface area contributed by atoms with E-state index >= 15 is 0 Å². The van der Waals surface area contributed by atoms with E-state index in [0.717, 1.165) is 25.9 Å². The predicted molar refractivity (Wildman–Crippen MR) is 68.7 cm³/mol. The van der Waals surface area contributed by atoms with E-state index in [9.17, 15) is 9.59 Å². The lowest BCUT2D eigenvalue weighted by molar-refractivity contribution is -0.147. The third kappa shape index (κ3) is 3.67. The molecule has 0 radical (unpaired) electrons. The SMILES string of the molecule is CC1CNCC1C(=O)N1CCC(OCC(=O)O)CC1. The number of aliphatic carboxylic acids is 1. The highest BCUT2D eigenvalue weighted by Gasteiger charge is 2.34. The van der Waals surface area contributed by atoms with Crippen molar-refractivity contribution in [1.29, 1.82) is 0 Å². The van der Waals surface area contributed by atoms with E-state index in [1.54, 1.807) is 0 Å². The van der Waals surface area contributed by atoms with Crippen molar-refractivity contribution in [2.24, 2.45) is 11.8 Å². The second-order valence-corrected chi connectivity index (χ2v) is 5.47. The monoisotopic (exact) mass is 270 g/mol. The van der Waals surface area contributed by atoms with Crippen molar-refractivity contribution < 1.29 is 19.4 Å². The Hall–Kier alpha value is -1.14. The van der Waals surface area contributed by atoms with Gasteiger partial charge in [-0.25, -0.2) is 4.79 Å². The van der Waals surface area contributed by atoms with Gasteiger partial charge in [0.1, 0.15) is 6.61 Å². The Bertz CT molecular complexity index is 340. The van der Waals surface area contributed by atoms with Crippen LogP contribution in [0.3, 0.4) is 0 Å². The molecule has 2 saturated heterocycles. The number of nitrogens with zero attached hydrogens (tertiary/aromatic N) is 1. The van der Waals surface area contributed by atoms with Gasteiger partial charge in [-0.3, -0.25) is 4.79 Å². The molecule has 0 saturated carbocycles. The molecule has 2 fully saturated rings. The molecule has 2 aliphatic rings. The van der Waals surface area contributed by atoms with Crippen LogP contribution in [-0.2, 0) is 14.3 Å². The zero-order valence-electron chi connectivity index (χ0n) is 11.3. The summed E-state index contributed by atoms with van der Waals surface area (Å²) < 4.78 is 5.27. The molecular weight excluding hydrogens is 248 g/mol. The molecule has 6 nitrogen and oxygen atoms in total. The number of nitrogens with one attached hydrogen (secondary N) is 1. The van der Waals surface area contributed by atoms with Gasteiger partial charge in [0, 0.05) is 19.6 Å². The van der Waals surface area contributed by atoms with Gasteiger partial charge in [0.05, 0.1) is 12.0 Å². The number of amides is 1. The van der Waals surface area contributed by atoms with Crippen LogP contribution < -0.4 is 5.32 Å². The van der Waals surface area contributed by atoms with Gasteiger partial charge < -0.3 is 20.1 Å². The number of carbonyl (C=O) groups excluding carboxylic acids is 1. The number of hydrogen-bond acceptors (Lipinski definition) is 4. The number of rotatable bonds is 4. The van der Waals surface area contributed by atoms with Crippen LogP contribution in [0.5, 0.6) is 0 Å². The lowest BCUT2D eigenvalue weighted by Gasteiger charge is -2.33. The molecule has 0 bridgehead atoms. The first-order chi connectivity index (χ1) is 9.08. The van der Waals surface area contributed by atoms with Gasteiger partial charge in [0.15, 0.2) is 0 Å². The zero-order chi connectivity index (χ0) is 13.8. The van der Waals surface area contributed by atoms with E-state index in [1.807, 2.05) is 4.90 Å². The Balaban J connectivity index is 1.76. The summed E-state index contributed by atoms with van der Waals surface area (Å²) in [7, 11) is 0. The standard InChI is InChI=1S/C13H22N2O4/c1-9-6-14-7-11(9)13(18)15-4-2-10(3-5-15)19-8-12(16)17/h9-11,14H,2-8H2,1H3,(H,16,17). The fourth-order valence-electron chi connectivity index (χ4n) is 2.81. The molecule has 2 N–H and O–H groups in total. The van der Waals surface area contributed by atoms with Crippen molar-refractivity contribution >= 4 is 11.9 Å². The van der Waals surface area contributed by atoms with E-state index < -0.39 is 5.97 Å². The topological polar surface area (TPSA) is 78.9 Å². The summed E-state index contributed by atoms with van der Waals surface area (Å²) in [6.45, 7) is 4.89. The number of carboxylic acid groups (broad SMARTS) is 1. The fourth-order valence-corrected chi connectivity index (χ4v) is 2.81. The molecule has 0 aliphatic carbocycles. The molecule has 1 amide bonds. The summed E-state index contributed by atoms with van der Waals surface area (Å²) in [5.74, 6) is -0.219. The van der Waals surface area contributed by atoms with Crippen LogP contribution in [0.25, 0.3) is 0 Å². The minimum Gasteiger partial charge on any atom is -0.480 e. The Kier molecular flexibility index (Phi) is 4.76. The summed E-state index contributed by atoms with van der Waals surface area (Å²) in [5.41, 5.74) is 0. The van der Waals surface area contributed by atoms with Crippen LogP contribution in [0, 0.1) is 11.8 Å². The molecule has 2 atom stereocenters. The molecule has 2 aliphatic heterocycles. The van der Waals surface area contributed by atoms with E-state index in [4.69, 9.17) is 9.84 Å². The van der Waals surface area contributed by atoms with Crippen molar-refractivity contribution in [2.75, 3.05) is 32.8 Å². The maximum Gasteiger partial charge on any atom is 0.329 e. The minimum atomic E-state index is -0.940. The second kappa shape index (κ2) is 6.34. The maximum atomic E-state index is 12.3. The molecule has 108 valence electrons. The van der Waals surface area contributed by atoms with Crippen LogP contribution in [0.1, 0.15) is 19.8 Å². The lowest BCUT2D eigenvalue weighted by atomic mass is 9.95. The highest BCUT2D eigenvalue weighted by Crippen LogP contribution is 2.22. The van der Waals surface area contributed by atoms with Crippen LogP contribution in [0.15, 0.2) is 0 Å². The third-order valence-electron chi connectivity index (χ3n) is 4.03. The van der Waals surface area contributed by atoms with Gasteiger partial charge in [-0.2, -0.15) is 0 Å². The molecule has 2 unspecified atom stereocenters. The number of carbonyl (C=O) groups is 2. The van der Waals surface area contributed by atoms with E-state index in [1.165, 1.54) is 0 Å². The number of hydrogen-bond donors (Lipinski definition) is 2. The first-order valence-electron chi connectivity index (χ1n) is 6.91. The molecule has 6 heteroatoms. The van der Waals surface area contributed by atoms with Crippen LogP contribution >= 0.6 is 0 Å². The van der Waals surface area contributed by atoms with Crippen LogP contribution in [0.2, 0.25) is 0 Å². The highest BCUT2D eigenvalue weighted by molar-refractivity contribution is 5.79. The van der Waals surface area contributed by atoms with Gasteiger partial charge in [-0.15, -0.1) is 0 Å². The first kappa shape index (κ1) is 14.3. The largest absolute Gasteiger partial charge is 0.480 e. The first-order valence-corrected chi connectivity index (χ1v) is 6.91. The van der Waals surface area contributed by atoms with E-state index in [0.29, 0.717) is 19.0 Å². The summed E-state index contributed by atoms with van der Waals surface area (Å²) in [6.07, 6.45) is 1.43. The van der Waals surface area contributed by atoms with Gasteiger partial charge in [0.2, 0.25) is 5.91 Å². The summed E-state index contributed by atoms with van der Waals surface area (Å²) in [5, 5.41) is 11.8. The molecule has 2 heterocycles.